The predicted molar refractivity (Wildman–Crippen MR) is 99.7 cm³/mol. The Bertz CT molecular complexity index is 698. The smallest absolute Gasteiger partial charge is 0.262 e. The van der Waals surface area contributed by atoms with Crippen LogP contribution in [-0.2, 0) is 4.79 Å². The van der Waals surface area contributed by atoms with E-state index >= 15 is 0 Å². The Labute approximate surface area is 161 Å². The van der Waals surface area contributed by atoms with Crippen molar-refractivity contribution < 1.29 is 14.4 Å². The molecule has 2 aliphatic rings. The summed E-state index contributed by atoms with van der Waals surface area (Å²) in [6, 6.07) is 4.95. The Morgan fingerprint density at radius 1 is 1.20 bits per heavy atom. The molecule has 0 saturated heterocycles. The average Bonchev–Trinajstić information content (AvgIpc) is 2.80. The van der Waals surface area contributed by atoms with E-state index in [0.29, 0.717) is 17.7 Å². The van der Waals surface area contributed by atoms with E-state index in [1.165, 1.54) is 0 Å². The zero-order valence-corrected chi connectivity index (χ0v) is 16.1. The second-order valence-corrected chi connectivity index (χ2v) is 7.26. The molecule has 1 aliphatic carbocycles. The fraction of sp³-hybridized carbons (Fsp3) is 0.471. The van der Waals surface area contributed by atoms with Gasteiger partial charge in [-0.05, 0) is 43.5 Å². The van der Waals surface area contributed by atoms with Crippen LogP contribution in [0.1, 0.15) is 46.4 Å². The average molecular weight is 431 g/mol. The molecule has 0 radical (unpaired) electrons. The number of benzene rings is 1. The maximum absolute atomic E-state index is 12.4. The third-order valence-corrected chi connectivity index (χ3v) is 5.29. The predicted octanol–water partition coefficient (Wildman–Crippen LogP) is 2.10. The normalized spacial score (nSPS) is 22.4. The van der Waals surface area contributed by atoms with Gasteiger partial charge in [0.2, 0.25) is 5.91 Å². The summed E-state index contributed by atoms with van der Waals surface area (Å²) in [7, 11) is 0. The molecule has 6 nitrogen and oxygen atoms in total. The first-order valence-electron chi connectivity index (χ1n) is 8.16. The van der Waals surface area contributed by atoms with Gasteiger partial charge in [0.15, 0.2) is 0 Å². The molecule has 25 heavy (non-hydrogen) atoms. The van der Waals surface area contributed by atoms with Crippen molar-refractivity contribution >= 4 is 46.1 Å². The summed E-state index contributed by atoms with van der Waals surface area (Å²) in [5.74, 6) is -0.892. The number of nitrogens with zero attached hydrogens (tertiary/aromatic N) is 1. The molecule has 1 aromatic rings. The van der Waals surface area contributed by atoms with Crippen LogP contribution < -0.4 is 11.1 Å². The Morgan fingerprint density at radius 2 is 1.88 bits per heavy atom. The Kier molecular flexibility index (Phi) is 6.59. The van der Waals surface area contributed by atoms with Crippen LogP contribution in [0.2, 0.25) is 0 Å². The number of fused-ring (bicyclic) bond motifs is 1. The lowest BCUT2D eigenvalue weighted by atomic mass is 9.84. The molecule has 1 aromatic carbocycles. The van der Waals surface area contributed by atoms with Gasteiger partial charge in [-0.15, -0.1) is 12.4 Å². The lowest BCUT2D eigenvalue weighted by molar-refractivity contribution is -0.122. The fourth-order valence-electron chi connectivity index (χ4n) is 3.48. The molecule has 1 heterocycles. The Morgan fingerprint density at radius 3 is 2.60 bits per heavy atom. The van der Waals surface area contributed by atoms with E-state index in [0.717, 1.165) is 35.1 Å². The van der Waals surface area contributed by atoms with E-state index in [9.17, 15) is 14.4 Å². The quantitative estimate of drug-likeness (QED) is 0.716. The van der Waals surface area contributed by atoms with Crippen molar-refractivity contribution in [2.75, 3.05) is 13.1 Å². The number of hydrogen-bond acceptors (Lipinski definition) is 4. The number of nitrogens with one attached hydrogen (secondary N) is 1. The zero-order valence-electron chi connectivity index (χ0n) is 13.7. The van der Waals surface area contributed by atoms with Crippen molar-refractivity contribution in [3.05, 3.63) is 33.8 Å². The fourth-order valence-corrected chi connectivity index (χ4v) is 3.84. The number of hydrogen-bond donors (Lipinski definition) is 2. The second-order valence-electron chi connectivity index (χ2n) is 6.34. The molecule has 0 aromatic heterocycles. The summed E-state index contributed by atoms with van der Waals surface area (Å²) >= 11 is 3.29. The molecule has 8 heteroatoms. The monoisotopic (exact) mass is 429 g/mol. The molecule has 2 unspecified atom stereocenters. The third-order valence-electron chi connectivity index (χ3n) is 4.79. The van der Waals surface area contributed by atoms with Crippen molar-refractivity contribution in [1.29, 1.82) is 0 Å². The van der Waals surface area contributed by atoms with Crippen LogP contribution in [0.25, 0.3) is 0 Å². The number of rotatable bonds is 4. The minimum absolute atomic E-state index is 0. The molecule has 3 rings (SSSR count). The molecule has 1 aliphatic heterocycles. The summed E-state index contributed by atoms with van der Waals surface area (Å²) in [5.41, 5.74) is 6.45. The van der Waals surface area contributed by atoms with Gasteiger partial charge in [0.25, 0.3) is 11.8 Å². The van der Waals surface area contributed by atoms with Crippen molar-refractivity contribution in [2.45, 2.75) is 31.7 Å². The Hall–Kier alpha value is -1.44. The van der Waals surface area contributed by atoms with E-state index in [1.807, 2.05) is 0 Å². The first-order chi connectivity index (χ1) is 11.5. The molecule has 1 saturated carbocycles. The molecular weight excluding hydrogens is 410 g/mol. The highest BCUT2D eigenvalue weighted by molar-refractivity contribution is 9.10. The second kappa shape index (κ2) is 8.29. The van der Waals surface area contributed by atoms with Crippen molar-refractivity contribution in [3.63, 3.8) is 0 Å². The van der Waals surface area contributed by atoms with Crippen LogP contribution in [0.5, 0.6) is 0 Å². The topological polar surface area (TPSA) is 92.5 Å². The van der Waals surface area contributed by atoms with Crippen molar-refractivity contribution in [2.24, 2.45) is 11.7 Å². The minimum atomic E-state index is -0.425. The summed E-state index contributed by atoms with van der Waals surface area (Å²) in [6.07, 6.45) is 4.08. The summed E-state index contributed by atoms with van der Waals surface area (Å²) < 4.78 is 0.724. The van der Waals surface area contributed by atoms with Gasteiger partial charge in [-0.25, -0.2) is 0 Å². The van der Waals surface area contributed by atoms with Gasteiger partial charge in [-0.2, -0.15) is 0 Å². The number of imide groups is 1. The van der Waals surface area contributed by atoms with Gasteiger partial charge in [0.05, 0.1) is 11.1 Å². The number of carbonyl (C=O) groups excluding carboxylic acids is 3. The number of halogens is 2. The van der Waals surface area contributed by atoms with Crippen molar-refractivity contribution in [1.82, 2.24) is 10.2 Å². The molecule has 2 atom stereocenters. The van der Waals surface area contributed by atoms with Gasteiger partial charge in [0, 0.05) is 10.5 Å². The standard InChI is InChI=1S/C17H20BrN3O3.ClH/c18-11-5-6-12-13(7-11)17(24)21(16(12)23)9-15(22)20-14-4-2-1-3-10(14)8-19;/h5-7,10,14H,1-4,8-9,19H2,(H,20,22);1H. The third kappa shape index (κ3) is 4.04. The highest BCUT2D eigenvalue weighted by Gasteiger charge is 2.37. The van der Waals surface area contributed by atoms with Crippen LogP contribution in [0.4, 0.5) is 0 Å². The van der Waals surface area contributed by atoms with Gasteiger partial charge in [-0.1, -0.05) is 28.8 Å². The first-order valence-corrected chi connectivity index (χ1v) is 8.95. The largest absolute Gasteiger partial charge is 0.351 e. The lowest BCUT2D eigenvalue weighted by Crippen LogP contribution is -2.48. The van der Waals surface area contributed by atoms with Crippen LogP contribution in [-0.4, -0.2) is 41.8 Å². The van der Waals surface area contributed by atoms with E-state index in [4.69, 9.17) is 5.73 Å². The molecule has 0 spiro atoms. The van der Waals surface area contributed by atoms with Crippen LogP contribution >= 0.6 is 28.3 Å². The molecule has 1 fully saturated rings. The lowest BCUT2D eigenvalue weighted by Gasteiger charge is -2.31. The highest BCUT2D eigenvalue weighted by atomic mass is 79.9. The summed E-state index contributed by atoms with van der Waals surface area (Å²) in [4.78, 5) is 38.1. The summed E-state index contributed by atoms with van der Waals surface area (Å²) in [6.45, 7) is 0.281. The van der Waals surface area contributed by atoms with Crippen LogP contribution in [0.15, 0.2) is 22.7 Å². The number of amides is 3. The zero-order chi connectivity index (χ0) is 17.3. The van der Waals surface area contributed by atoms with Gasteiger partial charge in [0.1, 0.15) is 6.54 Å². The molecule has 136 valence electrons. The maximum atomic E-state index is 12.4. The van der Waals surface area contributed by atoms with E-state index in [1.54, 1.807) is 18.2 Å². The van der Waals surface area contributed by atoms with E-state index in [-0.39, 0.29) is 36.8 Å². The van der Waals surface area contributed by atoms with Crippen LogP contribution in [0, 0.1) is 5.92 Å². The maximum Gasteiger partial charge on any atom is 0.262 e. The highest BCUT2D eigenvalue weighted by Crippen LogP contribution is 2.26. The number of carbonyl (C=O) groups is 3. The minimum Gasteiger partial charge on any atom is -0.351 e. The van der Waals surface area contributed by atoms with E-state index in [2.05, 4.69) is 21.2 Å². The molecule has 3 N–H and O–H groups in total. The summed E-state index contributed by atoms with van der Waals surface area (Å²) in [5, 5.41) is 2.95. The van der Waals surface area contributed by atoms with E-state index < -0.39 is 11.8 Å². The first kappa shape index (κ1) is 19.9. The molecule has 3 amide bonds. The number of nitrogens with two attached hydrogens (primary N) is 1. The van der Waals surface area contributed by atoms with Gasteiger partial charge >= 0.3 is 0 Å². The van der Waals surface area contributed by atoms with Gasteiger partial charge < -0.3 is 11.1 Å². The Balaban J connectivity index is 0.00000225. The molecule has 0 bridgehead atoms. The molecular formula is C17H21BrClN3O3. The van der Waals surface area contributed by atoms with Crippen molar-refractivity contribution in [3.8, 4) is 0 Å². The SMILES string of the molecule is Cl.NCC1CCCCC1NC(=O)CN1C(=O)c2ccc(Br)cc2C1=O. The van der Waals surface area contributed by atoms with Gasteiger partial charge in [-0.3, -0.25) is 19.3 Å². The van der Waals surface area contributed by atoms with Crippen LogP contribution in [0.3, 0.4) is 0 Å².